The second-order valence-corrected chi connectivity index (χ2v) is 6.02. The van der Waals surface area contributed by atoms with Gasteiger partial charge in [-0.1, -0.05) is 12.6 Å². The molecule has 0 amide bonds. The van der Waals surface area contributed by atoms with Crippen LogP contribution in [0, 0.1) is 0 Å². The van der Waals surface area contributed by atoms with Crippen LogP contribution in [0.5, 0.6) is 0 Å². The molecule has 3 nitrogen and oxygen atoms in total. The van der Waals surface area contributed by atoms with Gasteiger partial charge in [-0.2, -0.15) is 13.2 Å². The molecule has 0 bridgehead atoms. The van der Waals surface area contributed by atoms with Crippen LogP contribution in [-0.4, -0.2) is 30.0 Å². The fourth-order valence-corrected chi connectivity index (χ4v) is 1.99. The maximum atomic E-state index is 11.7. The van der Waals surface area contributed by atoms with Gasteiger partial charge < -0.3 is 0 Å². The number of alkyl halides is 3. The summed E-state index contributed by atoms with van der Waals surface area (Å²) in [6, 6.07) is 0.848. The molecule has 0 aliphatic carbocycles. The lowest BCUT2D eigenvalue weighted by Gasteiger charge is -2.08. The Kier molecular flexibility index (Phi) is 4.93. The van der Waals surface area contributed by atoms with E-state index in [1.807, 2.05) is 6.55 Å². The Morgan fingerprint density at radius 2 is 1.92 bits per heavy atom. The molecule has 1 N–H and O–H groups in total. The SMILES string of the molecule is C[SiH2]CCCNS(=O)(=O)C(F)(F)F. The topological polar surface area (TPSA) is 46.2 Å². The molecule has 0 radical (unpaired) electrons. The fourth-order valence-electron chi connectivity index (χ4n) is 0.663. The molecule has 0 unspecified atom stereocenters. The first kappa shape index (κ1) is 12.9. The quantitative estimate of drug-likeness (QED) is 0.555. The Bertz CT molecular complexity index is 239. The number of halogens is 3. The summed E-state index contributed by atoms with van der Waals surface area (Å²) in [6.07, 6.45) is 0.484. The molecule has 13 heavy (non-hydrogen) atoms. The van der Waals surface area contributed by atoms with E-state index in [1.165, 1.54) is 4.72 Å². The first-order chi connectivity index (χ1) is 5.81. The van der Waals surface area contributed by atoms with Crippen LogP contribution in [-0.2, 0) is 10.0 Å². The van der Waals surface area contributed by atoms with Gasteiger partial charge in [0, 0.05) is 16.1 Å². The van der Waals surface area contributed by atoms with E-state index in [1.54, 1.807) is 0 Å². The van der Waals surface area contributed by atoms with E-state index < -0.39 is 15.5 Å². The summed E-state index contributed by atoms with van der Waals surface area (Å²) in [5, 5.41) is 0. The normalized spacial score (nSPS) is 14.2. The third kappa shape index (κ3) is 4.63. The predicted octanol–water partition coefficient (Wildman–Crippen LogP) is 0.451. The van der Waals surface area contributed by atoms with Crippen LogP contribution in [0.1, 0.15) is 6.42 Å². The molecule has 0 aromatic rings. The van der Waals surface area contributed by atoms with Gasteiger partial charge in [-0.05, 0) is 6.42 Å². The molecule has 0 heterocycles. The van der Waals surface area contributed by atoms with Crippen LogP contribution >= 0.6 is 0 Å². The summed E-state index contributed by atoms with van der Waals surface area (Å²) < 4.78 is 57.4. The largest absolute Gasteiger partial charge is 0.511 e. The highest BCUT2D eigenvalue weighted by Crippen LogP contribution is 2.21. The van der Waals surface area contributed by atoms with Gasteiger partial charge in [-0.15, -0.1) is 0 Å². The molecule has 0 rings (SSSR count). The van der Waals surface area contributed by atoms with E-state index in [2.05, 4.69) is 0 Å². The second-order valence-electron chi connectivity index (χ2n) is 2.55. The average molecular weight is 235 g/mol. The molecule has 0 aliphatic heterocycles. The van der Waals surface area contributed by atoms with E-state index in [0.717, 1.165) is 6.04 Å². The number of nitrogens with one attached hydrogen (secondary N) is 1. The Balaban J connectivity index is 3.92. The maximum absolute atomic E-state index is 11.7. The van der Waals surface area contributed by atoms with Crippen LogP contribution in [0.4, 0.5) is 13.2 Å². The highest BCUT2D eigenvalue weighted by molar-refractivity contribution is 7.90. The number of sulfonamides is 1. The van der Waals surface area contributed by atoms with Crippen molar-refractivity contribution in [2.24, 2.45) is 0 Å². The lowest BCUT2D eigenvalue weighted by atomic mass is 10.5. The second kappa shape index (κ2) is 4.96. The molecule has 0 saturated carbocycles. The van der Waals surface area contributed by atoms with Crippen molar-refractivity contribution in [1.29, 1.82) is 0 Å². The lowest BCUT2D eigenvalue weighted by molar-refractivity contribution is -0.0447. The first-order valence-corrected chi connectivity index (χ1v) is 7.77. The summed E-state index contributed by atoms with van der Waals surface area (Å²) in [5.74, 6) is 0. The molecule has 8 heteroatoms. The average Bonchev–Trinajstić information content (AvgIpc) is 1.96. The summed E-state index contributed by atoms with van der Waals surface area (Å²) >= 11 is 0. The van der Waals surface area contributed by atoms with E-state index in [-0.39, 0.29) is 16.1 Å². The van der Waals surface area contributed by atoms with Gasteiger partial charge in [0.15, 0.2) is 0 Å². The van der Waals surface area contributed by atoms with Gasteiger partial charge in [0.2, 0.25) is 0 Å². The van der Waals surface area contributed by atoms with E-state index in [9.17, 15) is 21.6 Å². The third-order valence-corrected chi connectivity index (χ3v) is 3.78. The standard InChI is InChI=1S/C5H12F3NO2SSi/c1-13-4-2-3-9-12(10,11)5(6,7)8/h9H,2-4,13H2,1H3. The number of hydrogen-bond acceptors (Lipinski definition) is 2. The Morgan fingerprint density at radius 3 is 2.31 bits per heavy atom. The van der Waals surface area contributed by atoms with Crippen molar-refractivity contribution in [2.45, 2.75) is 24.5 Å². The Hall–Kier alpha value is -0.0831. The van der Waals surface area contributed by atoms with Crippen molar-refractivity contribution in [3.05, 3.63) is 0 Å². The van der Waals surface area contributed by atoms with E-state index in [0.29, 0.717) is 6.42 Å². The van der Waals surface area contributed by atoms with Crippen molar-refractivity contribution in [1.82, 2.24) is 4.72 Å². The smallest absolute Gasteiger partial charge is 0.207 e. The molecule has 0 saturated heterocycles. The predicted molar refractivity (Wildman–Crippen MR) is 46.8 cm³/mol. The Labute approximate surface area is 77.6 Å². The van der Waals surface area contributed by atoms with Crippen molar-refractivity contribution in [2.75, 3.05) is 6.54 Å². The van der Waals surface area contributed by atoms with Crippen molar-refractivity contribution in [3.63, 3.8) is 0 Å². The molecular formula is C5H12F3NO2SSi. The summed E-state index contributed by atoms with van der Waals surface area (Å²) in [5.41, 5.74) is -5.18. The minimum Gasteiger partial charge on any atom is -0.207 e. The summed E-state index contributed by atoms with van der Waals surface area (Å²) in [7, 11) is -5.31. The van der Waals surface area contributed by atoms with Crippen LogP contribution in [0.25, 0.3) is 0 Å². The van der Waals surface area contributed by atoms with Gasteiger partial charge in [-0.3, -0.25) is 0 Å². The maximum Gasteiger partial charge on any atom is 0.511 e. The first-order valence-electron chi connectivity index (χ1n) is 3.87. The monoisotopic (exact) mass is 235 g/mol. The van der Waals surface area contributed by atoms with Gasteiger partial charge in [0.25, 0.3) is 0 Å². The van der Waals surface area contributed by atoms with Gasteiger partial charge >= 0.3 is 15.5 Å². The van der Waals surface area contributed by atoms with Crippen LogP contribution < -0.4 is 4.72 Å². The molecular weight excluding hydrogens is 223 g/mol. The molecule has 0 aromatic carbocycles. The van der Waals surface area contributed by atoms with Crippen molar-refractivity contribution < 1.29 is 21.6 Å². The van der Waals surface area contributed by atoms with Gasteiger partial charge in [0.05, 0.1) is 0 Å². The molecule has 0 aliphatic rings. The van der Waals surface area contributed by atoms with E-state index >= 15 is 0 Å². The number of rotatable bonds is 5. The number of hydrogen-bond donors (Lipinski definition) is 1. The Morgan fingerprint density at radius 1 is 1.38 bits per heavy atom. The van der Waals surface area contributed by atoms with Crippen LogP contribution in [0.2, 0.25) is 12.6 Å². The van der Waals surface area contributed by atoms with Crippen molar-refractivity contribution >= 4 is 19.5 Å². The zero-order chi connectivity index (χ0) is 10.5. The minimum absolute atomic E-state index is 0.122. The molecule has 0 aromatic heterocycles. The minimum atomic E-state index is -5.18. The van der Waals surface area contributed by atoms with Crippen LogP contribution in [0.3, 0.4) is 0 Å². The molecule has 0 spiro atoms. The third-order valence-electron chi connectivity index (χ3n) is 1.38. The van der Waals surface area contributed by atoms with Crippen molar-refractivity contribution in [3.8, 4) is 0 Å². The molecule has 0 atom stereocenters. The lowest BCUT2D eigenvalue weighted by Crippen LogP contribution is -2.36. The molecule has 0 fully saturated rings. The highest BCUT2D eigenvalue weighted by Gasteiger charge is 2.45. The van der Waals surface area contributed by atoms with E-state index in [4.69, 9.17) is 0 Å². The fraction of sp³-hybridized carbons (Fsp3) is 1.00. The summed E-state index contributed by atoms with van der Waals surface area (Å²) in [4.78, 5) is 0. The molecule has 80 valence electrons. The van der Waals surface area contributed by atoms with Gasteiger partial charge in [0.1, 0.15) is 0 Å². The zero-order valence-corrected chi connectivity index (χ0v) is 9.42. The summed E-state index contributed by atoms with van der Waals surface area (Å²) in [6.45, 7) is 1.89. The highest BCUT2D eigenvalue weighted by atomic mass is 32.2. The van der Waals surface area contributed by atoms with Gasteiger partial charge in [-0.25, -0.2) is 13.1 Å². The van der Waals surface area contributed by atoms with Crippen LogP contribution in [0.15, 0.2) is 0 Å². The zero-order valence-electron chi connectivity index (χ0n) is 7.19.